The van der Waals surface area contributed by atoms with Gasteiger partial charge in [0.1, 0.15) is 4.90 Å². The molecule has 0 fully saturated rings. The maximum Gasteiger partial charge on any atom is 0.243 e. The molecule has 0 bridgehead atoms. The second-order valence-electron chi connectivity index (χ2n) is 5.61. The van der Waals surface area contributed by atoms with Crippen molar-refractivity contribution in [3.63, 3.8) is 0 Å². The van der Waals surface area contributed by atoms with Crippen molar-refractivity contribution in [3.8, 4) is 0 Å². The monoisotopic (exact) mass is 351 g/mol. The highest BCUT2D eigenvalue weighted by atomic mass is 32.2. The Bertz CT molecular complexity index is 715. The first-order chi connectivity index (χ1) is 11.5. The van der Waals surface area contributed by atoms with E-state index in [0.717, 1.165) is 19.5 Å². The molecule has 0 aliphatic rings. The van der Waals surface area contributed by atoms with Crippen LogP contribution in [0, 0.1) is 0 Å². The van der Waals surface area contributed by atoms with Crippen molar-refractivity contribution in [1.29, 1.82) is 0 Å². The van der Waals surface area contributed by atoms with E-state index in [4.69, 9.17) is 5.73 Å². The number of benzene rings is 1. The fourth-order valence-corrected chi connectivity index (χ4v) is 3.41. The number of rotatable bonds is 10. The van der Waals surface area contributed by atoms with Crippen LogP contribution in [0.3, 0.4) is 0 Å². The maximum absolute atomic E-state index is 12.2. The van der Waals surface area contributed by atoms with Crippen molar-refractivity contribution in [2.45, 2.75) is 11.3 Å². The predicted octanol–water partition coefficient (Wildman–Crippen LogP) is 0.202. The van der Waals surface area contributed by atoms with Crippen molar-refractivity contribution in [1.82, 2.24) is 19.4 Å². The molecule has 3 N–H and O–H groups in total. The van der Waals surface area contributed by atoms with Crippen LogP contribution in [0.5, 0.6) is 0 Å². The van der Waals surface area contributed by atoms with Gasteiger partial charge in [-0.3, -0.25) is 4.68 Å². The van der Waals surface area contributed by atoms with Crippen molar-refractivity contribution < 1.29 is 8.42 Å². The molecule has 1 aromatic carbocycles. The molecule has 0 aliphatic carbocycles. The van der Waals surface area contributed by atoms with Gasteiger partial charge in [0, 0.05) is 46.0 Å². The van der Waals surface area contributed by atoms with Crippen LogP contribution in [0.1, 0.15) is 5.56 Å². The Morgan fingerprint density at radius 3 is 2.58 bits per heavy atom. The summed E-state index contributed by atoms with van der Waals surface area (Å²) in [5.74, 6) is 0. The van der Waals surface area contributed by atoms with Gasteiger partial charge in [-0.2, -0.15) is 5.10 Å². The van der Waals surface area contributed by atoms with E-state index in [1.807, 2.05) is 18.2 Å². The summed E-state index contributed by atoms with van der Waals surface area (Å²) in [5, 5.41) is 3.89. The molecular weight excluding hydrogens is 326 g/mol. The first-order valence-electron chi connectivity index (χ1n) is 7.96. The summed E-state index contributed by atoms with van der Waals surface area (Å²) < 4.78 is 28.4. The number of nitrogens with zero attached hydrogens (tertiary/aromatic N) is 3. The van der Waals surface area contributed by atoms with E-state index in [1.54, 1.807) is 7.05 Å². The van der Waals surface area contributed by atoms with E-state index in [1.165, 1.54) is 22.6 Å². The molecule has 0 spiro atoms. The minimum absolute atomic E-state index is 0.180. The number of aromatic nitrogens is 2. The lowest BCUT2D eigenvalue weighted by Crippen LogP contribution is -2.38. The lowest BCUT2D eigenvalue weighted by Gasteiger charge is -2.21. The third kappa shape index (κ3) is 5.72. The van der Waals surface area contributed by atoms with E-state index >= 15 is 0 Å². The molecule has 8 heteroatoms. The Hall–Kier alpha value is -1.74. The van der Waals surface area contributed by atoms with Crippen molar-refractivity contribution in [3.05, 3.63) is 48.3 Å². The zero-order valence-electron chi connectivity index (χ0n) is 13.9. The summed E-state index contributed by atoms with van der Waals surface area (Å²) in [5.41, 5.74) is 6.92. The summed E-state index contributed by atoms with van der Waals surface area (Å²) in [4.78, 5) is 2.35. The molecule has 132 valence electrons. The molecule has 1 heterocycles. The Morgan fingerprint density at radius 1 is 1.21 bits per heavy atom. The molecule has 2 rings (SSSR count). The van der Waals surface area contributed by atoms with Crippen LogP contribution in [0.25, 0.3) is 0 Å². The molecule has 24 heavy (non-hydrogen) atoms. The summed E-state index contributed by atoms with van der Waals surface area (Å²) in [6.45, 7) is 3.08. The zero-order valence-corrected chi connectivity index (χ0v) is 14.7. The second-order valence-corrected chi connectivity index (χ2v) is 7.38. The van der Waals surface area contributed by atoms with Crippen LogP contribution in [0.2, 0.25) is 0 Å². The lowest BCUT2D eigenvalue weighted by atomic mass is 10.1. The van der Waals surface area contributed by atoms with Gasteiger partial charge in [-0.1, -0.05) is 30.3 Å². The lowest BCUT2D eigenvalue weighted by molar-refractivity contribution is 0.289. The first-order valence-corrected chi connectivity index (χ1v) is 9.44. The SMILES string of the molecule is Cn1cc(S(=O)(=O)NCCN(CCN)CCc2ccccc2)cn1. The van der Waals surface area contributed by atoms with Gasteiger partial charge in [-0.25, -0.2) is 13.1 Å². The number of nitrogens with one attached hydrogen (secondary N) is 1. The van der Waals surface area contributed by atoms with E-state index in [2.05, 4.69) is 26.9 Å². The summed E-state index contributed by atoms with van der Waals surface area (Å²) in [7, 11) is -1.82. The van der Waals surface area contributed by atoms with Crippen molar-refractivity contribution >= 4 is 10.0 Å². The predicted molar refractivity (Wildman–Crippen MR) is 94.0 cm³/mol. The average molecular weight is 351 g/mol. The highest BCUT2D eigenvalue weighted by molar-refractivity contribution is 7.89. The number of nitrogens with two attached hydrogens (primary N) is 1. The van der Waals surface area contributed by atoms with Gasteiger partial charge in [-0.15, -0.1) is 0 Å². The van der Waals surface area contributed by atoms with Crippen LogP contribution in [0.4, 0.5) is 0 Å². The Morgan fingerprint density at radius 2 is 1.96 bits per heavy atom. The highest BCUT2D eigenvalue weighted by Gasteiger charge is 2.16. The Labute approximate surface area is 143 Å². The van der Waals surface area contributed by atoms with Gasteiger partial charge in [-0.05, 0) is 12.0 Å². The summed E-state index contributed by atoms with van der Waals surface area (Å²) in [6, 6.07) is 10.2. The van der Waals surface area contributed by atoms with E-state index in [0.29, 0.717) is 19.6 Å². The van der Waals surface area contributed by atoms with Gasteiger partial charge in [0.05, 0.1) is 6.20 Å². The van der Waals surface area contributed by atoms with Gasteiger partial charge >= 0.3 is 0 Å². The van der Waals surface area contributed by atoms with Crippen LogP contribution >= 0.6 is 0 Å². The molecule has 0 saturated carbocycles. The third-order valence-corrected chi connectivity index (χ3v) is 5.13. The standard InChI is InChI=1S/C16H25N5O2S/c1-20-14-16(13-18-20)24(22,23)19-9-12-21(11-8-17)10-7-15-5-3-2-4-6-15/h2-6,13-14,19H,7-12,17H2,1H3. The fraction of sp³-hybridized carbons (Fsp3) is 0.438. The van der Waals surface area contributed by atoms with Crippen LogP contribution in [0.15, 0.2) is 47.6 Å². The van der Waals surface area contributed by atoms with E-state index in [9.17, 15) is 8.42 Å². The largest absolute Gasteiger partial charge is 0.329 e. The Kier molecular flexibility index (Phi) is 6.92. The molecule has 0 saturated heterocycles. The summed E-state index contributed by atoms with van der Waals surface area (Å²) in [6.07, 6.45) is 3.74. The van der Waals surface area contributed by atoms with Crippen LogP contribution in [-0.2, 0) is 23.5 Å². The number of sulfonamides is 1. The van der Waals surface area contributed by atoms with Crippen LogP contribution in [-0.4, -0.2) is 55.8 Å². The fourth-order valence-electron chi connectivity index (χ4n) is 2.41. The maximum atomic E-state index is 12.2. The first kappa shape index (κ1) is 18.6. The number of hydrogen-bond donors (Lipinski definition) is 2. The smallest absolute Gasteiger partial charge is 0.243 e. The van der Waals surface area contributed by atoms with Gasteiger partial charge in [0.15, 0.2) is 0 Å². The number of hydrogen-bond acceptors (Lipinski definition) is 5. The number of aryl methyl sites for hydroxylation is 1. The molecule has 1 aromatic heterocycles. The van der Waals surface area contributed by atoms with E-state index in [-0.39, 0.29) is 4.90 Å². The quantitative estimate of drug-likeness (QED) is 0.638. The molecule has 2 aromatic rings. The highest BCUT2D eigenvalue weighted by Crippen LogP contribution is 2.06. The topological polar surface area (TPSA) is 93.2 Å². The van der Waals surface area contributed by atoms with Gasteiger partial charge < -0.3 is 10.6 Å². The minimum atomic E-state index is -3.51. The van der Waals surface area contributed by atoms with Crippen molar-refractivity contribution in [2.24, 2.45) is 12.8 Å². The molecule has 0 unspecified atom stereocenters. The molecular formula is C16H25N5O2S. The van der Waals surface area contributed by atoms with Crippen molar-refractivity contribution in [2.75, 3.05) is 32.7 Å². The second kappa shape index (κ2) is 8.93. The zero-order chi connectivity index (χ0) is 17.4. The molecule has 0 amide bonds. The average Bonchev–Trinajstić information content (AvgIpc) is 3.01. The molecule has 0 radical (unpaired) electrons. The third-order valence-electron chi connectivity index (χ3n) is 3.72. The molecule has 0 atom stereocenters. The Balaban J connectivity index is 1.82. The minimum Gasteiger partial charge on any atom is -0.329 e. The van der Waals surface area contributed by atoms with Gasteiger partial charge in [0.25, 0.3) is 0 Å². The van der Waals surface area contributed by atoms with Crippen LogP contribution < -0.4 is 10.5 Å². The van der Waals surface area contributed by atoms with Gasteiger partial charge in [0.2, 0.25) is 10.0 Å². The normalized spacial score (nSPS) is 12.0. The van der Waals surface area contributed by atoms with E-state index < -0.39 is 10.0 Å². The molecule has 7 nitrogen and oxygen atoms in total. The molecule has 0 aliphatic heterocycles. The summed E-state index contributed by atoms with van der Waals surface area (Å²) >= 11 is 0.